The molecule has 2 bridgehead atoms. The normalized spacial score (nSPS) is 28.0. The SMILES string of the molecule is CN=C(NCCCCN1CCN(c2ccccc2)CC1)NC1CC2CCC1O2. The van der Waals surface area contributed by atoms with E-state index < -0.39 is 0 Å². The number of fused-ring (bicyclic) bond motifs is 2. The maximum Gasteiger partial charge on any atom is 0.191 e. The number of ether oxygens (including phenoxy) is 1. The van der Waals surface area contributed by atoms with Crippen LogP contribution in [0.15, 0.2) is 35.3 Å². The molecule has 3 aliphatic rings. The summed E-state index contributed by atoms with van der Waals surface area (Å²) in [6.07, 6.45) is 6.81. The summed E-state index contributed by atoms with van der Waals surface area (Å²) in [5.74, 6) is 0.928. The van der Waals surface area contributed by atoms with E-state index >= 15 is 0 Å². The van der Waals surface area contributed by atoms with Crippen molar-refractivity contribution in [2.24, 2.45) is 4.99 Å². The largest absolute Gasteiger partial charge is 0.373 e. The third kappa shape index (κ3) is 4.97. The molecule has 154 valence electrons. The topological polar surface area (TPSA) is 52.1 Å². The van der Waals surface area contributed by atoms with Gasteiger partial charge in [-0.25, -0.2) is 0 Å². The quantitative estimate of drug-likeness (QED) is 0.428. The van der Waals surface area contributed by atoms with Crippen LogP contribution >= 0.6 is 0 Å². The van der Waals surface area contributed by atoms with Crippen molar-refractivity contribution in [3.8, 4) is 0 Å². The first kappa shape index (κ1) is 19.5. The van der Waals surface area contributed by atoms with Crippen LogP contribution in [0.4, 0.5) is 5.69 Å². The number of hydrogen-bond donors (Lipinski definition) is 2. The molecule has 0 spiro atoms. The first-order valence-corrected chi connectivity index (χ1v) is 11.0. The lowest BCUT2D eigenvalue weighted by Gasteiger charge is -2.36. The van der Waals surface area contributed by atoms with E-state index in [9.17, 15) is 0 Å². The summed E-state index contributed by atoms with van der Waals surface area (Å²) in [5.41, 5.74) is 1.35. The van der Waals surface area contributed by atoms with Crippen molar-refractivity contribution < 1.29 is 4.74 Å². The van der Waals surface area contributed by atoms with Crippen molar-refractivity contribution in [2.75, 3.05) is 51.2 Å². The second-order valence-corrected chi connectivity index (χ2v) is 8.23. The Morgan fingerprint density at radius 3 is 2.61 bits per heavy atom. The molecule has 0 saturated carbocycles. The molecule has 6 nitrogen and oxygen atoms in total. The summed E-state index contributed by atoms with van der Waals surface area (Å²) in [4.78, 5) is 9.47. The molecular formula is C22H35N5O. The van der Waals surface area contributed by atoms with Crippen LogP contribution in [-0.4, -0.2) is 75.4 Å². The smallest absolute Gasteiger partial charge is 0.191 e. The zero-order chi connectivity index (χ0) is 19.2. The second kappa shape index (κ2) is 9.61. The molecule has 0 amide bonds. The first-order valence-electron chi connectivity index (χ1n) is 11.0. The zero-order valence-electron chi connectivity index (χ0n) is 17.1. The number of nitrogens with one attached hydrogen (secondary N) is 2. The Kier molecular flexibility index (Phi) is 6.70. The highest BCUT2D eigenvalue weighted by atomic mass is 16.5. The molecule has 3 saturated heterocycles. The van der Waals surface area contributed by atoms with E-state index in [4.69, 9.17) is 4.74 Å². The summed E-state index contributed by atoms with van der Waals surface area (Å²) in [6, 6.07) is 11.2. The molecule has 0 radical (unpaired) electrons. The van der Waals surface area contributed by atoms with Gasteiger partial charge < -0.3 is 20.3 Å². The molecular weight excluding hydrogens is 350 g/mol. The van der Waals surface area contributed by atoms with Gasteiger partial charge in [0, 0.05) is 45.5 Å². The van der Waals surface area contributed by atoms with Crippen LogP contribution < -0.4 is 15.5 Å². The van der Waals surface area contributed by atoms with E-state index in [1.807, 2.05) is 7.05 Å². The summed E-state index contributed by atoms with van der Waals surface area (Å²) in [7, 11) is 1.86. The van der Waals surface area contributed by atoms with Gasteiger partial charge in [-0.15, -0.1) is 0 Å². The zero-order valence-corrected chi connectivity index (χ0v) is 17.1. The highest BCUT2D eigenvalue weighted by Crippen LogP contribution is 2.34. The van der Waals surface area contributed by atoms with Gasteiger partial charge in [0.2, 0.25) is 0 Å². The second-order valence-electron chi connectivity index (χ2n) is 8.23. The molecule has 1 aromatic carbocycles. The molecule has 3 unspecified atom stereocenters. The molecule has 6 heteroatoms. The van der Waals surface area contributed by atoms with Gasteiger partial charge in [-0.05, 0) is 50.8 Å². The number of para-hydroxylation sites is 1. The molecule has 3 fully saturated rings. The fourth-order valence-electron chi connectivity index (χ4n) is 4.70. The Hall–Kier alpha value is -1.79. The van der Waals surface area contributed by atoms with Gasteiger partial charge in [0.15, 0.2) is 5.96 Å². The fourth-order valence-corrected chi connectivity index (χ4v) is 4.70. The molecule has 4 rings (SSSR count). The van der Waals surface area contributed by atoms with Crippen molar-refractivity contribution >= 4 is 11.6 Å². The number of aliphatic imine (C=N–C) groups is 1. The first-order chi connectivity index (χ1) is 13.8. The minimum Gasteiger partial charge on any atom is -0.373 e. The van der Waals surface area contributed by atoms with Crippen molar-refractivity contribution in [2.45, 2.75) is 50.4 Å². The number of benzene rings is 1. The lowest BCUT2D eigenvalue weighted by molar-refractivity contribution is 0.0992. The summed E-state index contributed by atoms with van der Waals surface area (Å²) >= 11 is 0. The van der Waals surface area contributed by atoms with Gasteiger partial charge >= 0.3 is 0 Å². The molecule has 28 heavy (non-hydrogen) atoms. The summed E-state index contributed by atoms with van der Waals surface area (Å²) in [5, 5.41) is 7.03. The number of anilines is 1. The van der Waals surface area contributed by atoms with E-state index in [-0.39, 0.29) is 0 Å². The molecule has 0 aromatic heterocycles. The lowest BCUT2D eigenvalue weighted by atomic mass is 9.96. The number of unbranched alkanes of at least 4 members (excludes halogenated alkanes) is 1. The van der Waals surface area contributed by atoms with Crippen molar-refractivity contribution in [1.82, 2.24) is 15.5 Å². The number of hydrogen-bond acceptors (Lipinski definition) is 4. The number of nitrogens with zero attached hydrogens (tertiary/aromatic N) is 3. The molecule has 3 atom stereocenters. The Bertz CT molecular complexity index is 629. The third-order valence-corrected chi connectivity index (χ3v) is 6.34. The van der Waals surface area contributed by atoms with Crippen LogP contribution in [0.5, 0.6) is 0 Å². The molecule has 0 aliphatic carbocycles. The molecule has 2 N–H and O–H groups in total. The lowest BCUT2D eigenvalue weighted by Crippen LogP contribution is -2.48. The number of guanidine groups is 1. The van der Waals surface area contributed by atoms with Crippen LogP contribution in [0, 0.1) is 0 Å². The maximum absolute atomic E-state index is 5.92. The third-order valence-electron chi connectivity index (χ3n) is 6.34. The minimum absolute atomic E-state index is 0.387. The monoisotopic (exact) mass is 385 g/mol. The Morgan fingerprint density at radius 2 is 1.93 bits per heavy atom. The standard InChI is InChI=1S/C22H35N5O/c1-23-22(25-20-17-19-9-10-21(20)28-19)24-11-5-6-12-26-13-15-27(16-14-26)18-7-3-2-4-8-18/h2-4,7-8,19-21H,5-6,9-17H2,1H3,(H2,23,24,25). The van der Waals surface area contributed by atoms with E-state index in [1.54, 1.807) is 0 Å². The summed E-state index contributed by atoms with van der Waals surface area (Å²) in [6.45, 7) is 6.75. The van der Waals surface area contributed by atoms with Crippen molar-refractivity contribution in [1.29, 1.82) is 0 Å². The predicted octanol–water partition coefficient (Wildman–Crippen LogP) is 2.07. The minimum atomic E-state index is 0.387. The van der Waals surface area contributed by atoms with Crippen molar-refractivity contribution in [3.05, 3.63) is 30.3 Å². The van der Waals surface area contributed by atoms with Gasteiger partial charge in [-0.3, -0.25) is 9.89 Å². The van der Waals surface area contributed by atoms with Crippen molar-refractivity contribution in [3.63, 3.8) is 0 Å². The van der Waals surface area contributed by atoms with Gasteiger partial charge in [0.05, 0.1) is 18.2 Å². The van der Waals surface area contributed by atoms with Crippen LogP contribution in [0.3, 0.4) is 0 Å². The molecule has 3 aliphatic heterocycles. The maximum atomic E-state index is 5.92. The van der Waals surface area contributed by atoms with Crippen LogP contribution in [0.1, 0.15) is 32.1 Å². The highest BCUT2D eigenvalue weighted by Gasteiger charge is 2.41. The molecule has 3 heterocycles. The Labute approximate surface area is 169 Å². The van der Waals surface area contributed by atoms with Crippen LogP contribution in [0.25, 0.3) is 0 Å². The Balaban J connectivity index is 1.08. The van der Waals surface area contributed by atoms with Gasteiger partial charge in [-0.1, -0.05) is 18.2 Å². The fraction of sp³-hybridized carbons (Fsp3) is 0.682. The summed E-state index contributed by atoms with van der Waals surface area (Å²) < 4.78 is 5.92. The predicted molar refractivity (Wildman–Crippen MR) is 115 cm³/mol. The highest BCUT2D eigenvalue weighted by molar-refractivity contribution is 5.80. The van der Waals surface area contributed by atoms with Crippen LogP contribution in [0.2, 0.25) is 0 Å². The number of piperazine rings is 1. The number of rotatable bonds is 7. The average molecular weight is 386 g/mol. The van der Waals surface area contributed by atoms with Gasteiger partial charge in [-0.2, -0.15) is 0 Å². The van der Waals surface area contributed by atoms with E-state index in [1.165, 1.54) is 37.9 Å². The van der Waals surface area contributed by atoms with Crippen LogP contribution in [-0.2, 0) is 4.74 Å². The van der Waals surface area contributed by atoms with Gasteiger partial charge in [0.25, 0.3) is 0 Å². The van der Waals surface area contributed by atoms with E-state index in [0.717, 1.165) is 45.1 Å². The van der Waals surface area contributed by atoms with E-state index in [0.29, 0.717) is 18.2 Å². The van der Waals surface area contributed by atoms with E-state index in [2.05, 4.69) is 55.8 Å². The Morgan fingerprint density at radius 1 is 1.11 bits per heavy atom. The van der Waals surface area contributed by atoms with Gasteiger partial charge in [0.1, 0.15) is 0 Å². The molecule has 1 aromatic rings. The average Bonchev–Trinajstić information content (AvgIpc) is 3.37.